The fourth-order valence-corrected chi connectivity index (χ4v) is 2.88. The summed E-state index contributed by atoms with van der Waals surface area (Å²) in [6, 6.07) is 0. The van der Waals surface area contributed by atoms with Crippen LogP contribution in [0.5, 0.6) is 0 Å². The summed E-state index contributed by atoms with van der Waals surface area (Å²) in [6.07, 6.45) is 3.76. The molecule has 1 amide bonds. The van der Waals surface area contributed by atoms with Gasteiger partial charge in [-0.05, 0) is 58.3 Å². The van der Waals surface area contributed by atoms with Crippen molar-refractivity contribution in [3.63, 3.8) is 0 Å². The first kappa shape index (κ1) is 18.0. The van der Waals surface area contributed by atoms with E-state index in [0.29, 0.717) is 5.92 Å². The topological polar surface area (TPSA) is 46.6 Å². The number of likely N-dealkylation sites (N-methyl/N-ethyl adjacent to an activating group) is 1. The predicted molar refractivity (Wildman–Crippen MR) is 84.2 cm³/mol. The molecule has 1 aliphatic carbocycles. The van der Waals surface area contributed by atoms with Crippen LogP contribution in [0, 0.1) is 17.8 Å². The number of ether oxygens (including phenoxy) is 1. The molecule has 0 aromatic rings. The Bertz CT molecular complexity index is 363. The molecule has 0 aromatic heterocycles. The van der Waals surface area contributed by atoms with E-state index in [9.17, 15) is 9.59 Å². The number of Topliss-reactive ketones (excluding diaryl/α,β-unsaturated/α-hetero) is 1. The second-order valence-corrected chi connectivity index (χ2v) is 7.66. The summed E-state index contributed by atoms with van der Waals surface area (Å²) < 4.78 is 5.27. The molecule has 0 aromatic carbocycles. The Kier molecular flexibility index (Phi) is 6.24. The molecule has 0 N–H and O–H groups in total. The number of carbonyl (C=O) groups is 2. The maximum atomic E-state index is 12.3. The third-order valence-electron chi connectivity index (χ3n) is 4.27. The van der Waals surface area contributed by atoms with E-state index in [-0.39, 0.29) is 18.2 Å². The zero-order chi connectivity index (χ0) is 16.2. The van der Waals surface area contributed by atoms with Gasteiger partial charge >= 0.3 is 6.09 Å². The van der Waals surface area contributed by atoms with Gasteiger partial charge in [0.15, 0.2) is 5.78 Å². The molecule has 0 unspecified atom stereocenters. The molecule has 0 saturated heterocycles. The van der Waals surface area contributed by atoms with Crippen molar-refractivity contribution in [2.75, 3.05) is 13.6 Å². The summed E-state index contributed by atoms with van der Waals surface area (Å²) in [5, 5.41) is 0. The molecule has 1 saturated carbocycles. The second kappa shape index (κ2) is 7.28. The van der Waals surface area contributed by atoms with E-state index in [4.69, 9.17) is 4.74 Å². The minimum Gasteiger partial charge on any atom is -0.444 e. The van der Waals surface area contributed by atoms with Crippen LogP contribution < -0.4 is 0 Å². The van der Waals surface area contributed by atoms with E-state index >= 15 is 0 Å². The van der Waals surface area contributed by atoms with Crippen molar-refractivity contribution < 1.29 is 14.3 Å². The third-order valence-corrected chi connectivity index (χ3v) is 4.27. The molecule has 122 valence electrons. The minimum absolute atomic E-state index is 0.116. The number of nitrogens with zero attached hydrogens (tertiary/aromatic N) is 1. The van der Waals surface area contributed by atoms with E-state index < -0.39 is 11.7 Å². The van der Waals surface area contributed by atoms with Crippen molar-refractivity contribution in [1.29, 1.82) is 0 Å². The van der Waals surface area contributed by atoms with Crippen molar-refractivity contribution in [3.05, 3.63) is 0 Å². The Balaban J connectivity index is 2.42. The molecule has 0 heterocycles. The van der Waals surface area contributed by atoms with Crippen LogP contribution in [0.2, 0.25) is 0 Å². The fraction of sp³-hybridized carbons (Fsp3) is 0.882. The monoisotopic (exact) mass is 297 g/mol. The lowest BCUT2D eigenvalue weighted by Crippen LogP contribution is -2.39. The highest BCUT2D eigenvalue weighted by Gasteiger charge is 2.29. The standard InChI is InChI=1S/C17H31NO3/c1-12(2)13-7-9-14(10-8-13)15(19)11-18(6)16(20)21-17(3,4)5/h12-14H,7-11H2,1-6H3/t13-,14+. The molecule has 0 bridgehead atoms. The van der Waals surface area contributed by atoms with Crippen molar-refractivity contribution in [2.24, 2.45) is 17.8 Å². The van der Waals surface area contributed by atoms with Gasteiger partial charge in [-0.3, -0.25) is 4.79 Å². The van der Waals surface area contributed by atoms with Crippen molar-refractivity contribution in [1.82, 2.24) is 4.90 Å². The number of ketones is 1. The molecule has 1 fully saturated rings. The zero-order valence-electron chi connectivity index (χ0n) is 14.4. The van der Waals surface area contributed by atoms with E-state index in [1.165, 1.54) is 4.90 Å². The van der Waals surface area contributed by atoms with Crippen molar-refractivity contribution in [2.45, 2.75) is 65.9 Å². The summed E-state index contributed by atoms with van der Waals surface area (Å²) in [5.74, 6) is 1.73. The number of rotatable bonds is 4. The van der Waals surface area contributed by atoms with Gasteiger partial charge in [0.1, 0.15) is 5.60 Å². The average Bonchev–Trinajstić information content (AvgIpc) is 2.36. The molecule has 0 radical (unpaired) electrons. The van der Waals surface area contributed by atoms with E-state index in [1.54, 1.807) is 7.05 Å². The fourth-order valence-electron chi connectivity index (χ4n) is 2.88. The lowest BCUT2D eigenvalue weighted by atomic mass is 9.75. The first-order chi connectivity index (χ1) is 9.60. The Morgan fingerprint density at radius 1 is 1.14 bits per heavy atom. The molecule has 4 nitrogen and oxygen atoms in total. The lowest BCUT2D eigenvalue weighted by molar-refractivity contribution is -0.125. The van der Waals surface area contributed by atoms with Crippen LogP contribution in [0.1, 0.15) is 60.3 Å². The van der Waals surface area contributed by atoms with Gasteiger partial charge in [-0.25, -0.2) is 4.79 Å². The maximum Gasteiger partial charge on any atom is 0.410 e. The number of hydrogen-bond donors (Lipinski definition) is 0. The number of hydrogen-bond acceptors (Lipinski definition) is 3. The normalized spacial score (nSPS) is 23.0. The van der Waals surface area contributed by atoms with E-state index in [2.05, 4.69) is 13.8 Å². The van der Waals surface area contributed by atoms with Gasteiger partial charge in [0, 0.05) is 13.0 Å². The molecular weight excluding hydrogens is 266 g/mol. The Hall–Kier alpha value is -1.06. The van der Waals surface area contributed by atoms with Gasteiger partial charge in [-0.15, -0.1) is 0 Å². The number of amides is 1. The summed E-state index contributed by atoms with van der Waals surface area (Å²) in [4.78, 5) is 25.6. The molecule has 0 atom stereocenters. The Labute approximate surface area is 129 Å². The first-order valence-electron chi connectivity index (χ1n) is 8.07. The van der Waals surface area contributed by atoms with Crippen molar-refractivity contribution >= 4 is 11.9 Å². The highest BCUT2D eigenvalue weighted by molar-refractivity contribution is 5.86. The van der Waals surface area contributed by atoms with Crippen LogP contribution in [0.15, 0.2) is 0 Å². The molecule has 4 heteroatoms. The summed E-state index contributed by atoms with van der Waals surface area (Å²) in [7, 11) is 1.63. The van der Waals surface area contributed by atoms with Gasteiger partial charge < -0.3 is 9.64 Å². The van der Waals surface area contributed by atoms with Gasteiger partial charge in [0.25, 0.3) is 0 Å². The van der Waals surface area contributed by atoms with Gasteiger partial charge in [0.2, 0.25) is 0 Å². The highest BCUT2D eigenvalue weighted by atomic mass is 16.6. The SMILES string of the molecule is CC(C)[C@H]1CC[C@@H](C(=O)CN(C)C(=O)OC(C)(C)C)CC1. The maximum absolute atomic E-state index is 12.3. The van der Waals surface area contributed by atoms with E-state index in [1.807, 2.05) is 20.8 Å². The zero-order valence-corrected chi connectivity index (χ0v) is 14.4. The Morgan fingerprint density at radius 3 is 2.10 bits per heavy atom. The third kappa shape index (κ3) is 6.06. The largest absolute Gasteiger partial charge is 0.444 e. The number of carbonyl (C=O) groups excluding carboxylic acids is 2. The average molecular weight is 297 g/mol. The lowest BCUT2D eigenvalue weighted by Gasteiger charge is -2.31. The van der Waals surface area contributed by atoms with Crippen LogP contribution in [0.3, 0.4) is 0 Å². The van der Waals surface area contributed by atoms with Gasteiger partial charge in [-0.1, -0.05) is 13.8 Å². The smallest absolute Gasteiger partial charge is 0.410 e. The van der Waals surface area contributed by atoms with Crippen LogP contribution in [0.4, 0.5) is 4.79 Å². The summed E-state index contributed by atoms with van der Waals surface area (Å²) in [6.45, 7) is 10.1. The Morgan fingerprint density at radius 2 is 1.67 bits per heavy atom. The summed E-state index contributed by atoms with van der Waals surface area (Å²) >= 11 is 0. The first-order valence-corrected chi connectivity index (χ1v) is 8.07. The van der Waals surface area contributed by atoms with Gasteiger partial charge in [0.05, 0.1) is 6.54 Å². The molecule has 0 spiro atoms. The second-order valence-electron chi connectivity index (χ2n) is 7.66. The van der Waals surface area contributed by atoms with Gasteiger partial charge in [-0.2, -0.15) is 0 Å². The highest BCUT2D eigenvalue weighted by Crippen LogP contribution is 2.33. The molecule has 21 heavy (non-hydrogen) atoms. The molecule has 1 rings (SSSR count). The van der Waals surface area contributed by atoms with Crippen LogP contribution >= 0.6 is 0 Å². The molecular formula is C17H31NO3. The van der Waals surface area contributed by atoms with Crippen LogP contribution in [-0.2, 0) is 9.53 Å². The van der Waals surface area contributed by atoms with Crippen LogP contribution in [0.25, 0.3) is 0 Å². The molecule has 1 aliphatic rings. The predicted octanol–water partition coefficient (Wildman–Crippen LogP) is 3.88. The summed E-state index contributed by atoms with van der Waals surface area (Å²) in [5.41, 5.74) is -0.524. The van der Waals surface area contributed by atoms with Crippen molar-refractivity contribution in [3.8, 4) is 0 Å². The quantitative estimate of drug-likeness (QED) is 0.791. The molecule has 0 aliphatic heterocycles. The van der Waals surface area contributed by atoms with Crippen LogP contribution in [-0.4, -0.2) is 36.0 Å². The van der Waals surface area contributed by atoms with E-state index in [0.717, 1.165) is 31.6 Å². The minimum atomic E-state index is -0.524.